The molecule has 0 spiro atoms. The molecule has 3 aromatic rings. The lowest BCUT2D eigenvalue weighted by Crippen LogP contribution is -2.58. The third-order valence-corrected chi connectivity index (χ3v) is 8.29. The molecule has 1 unspecified atom stereocenters. The summed E-state index contributed by atoms with van der Waals surface area (Å²) < 4.78 is 80.4. The van der Waals surface area contributed by atoms with Crippen molar-refractivity contribution < 1.29 is 31.4 Å². The lowest BCUT2D eigenvalue weighted by atomic mass is 9.72. The van der Waals surface area contributed by atoms with Crippen molar-refractivity contribution in [3.63, 3.8) is 0 Å². The Morgan fingerprint density at radius 1 is 1.07 bits per heavy atom. The van der Waals surface area contributed by atoms with Crippen LogP contribution in [0.3, 0.4) is 0 Å². The van der Waals surface area contributed by atoms with E-state index < -0.39 is 35.2 Å². The molecule has 3 aliphatic rings. The Morgan fingerprint density at radius 3 is 2.38 bits per heavy atom. The number of halogens is 6. The van der Waals surface area contributed by atoms with Gasteiger partial charge >= 0.3 is 12.4 Å². The number of anilines is 1. The Hall–Kier alpha value is -3.12. The molecule has 3 aliphatic heterocycles. The number of rotatable bonds is 5. The highest BCUT2D eigenvalue weighted by Crippen LogP contribution is 2.43. The summed E-state index contributed by atoms with van der Waals surface area (Å²) in [6.07, 6.45) is -5.35. The molecule has 2 aromatic carbocycles. The fraction of sp³-hybridized carbons (Fsp3) is 0.429. The smallest absolute Gasteiger partial charge is 0.416 e. The Bertz CT molecular complexity index is 1380. The van der Waals surface area contributed by atoms with Crippen LogP contribution in [0.4, 0.5) is 32.0 Å². The zero-order valence-corrected chi connectivity index (χ0v) is 22.3. The molecule has 0 aliphatic carbocycles. The predicted molar refractivity (Wildman–Crippen MR) is 144 cm³/mol. The first kappa shape index (κ1) is 28.4. The van der Waals surface area contributed by atoms with Crippen molar-refractivity contribution in [1.82, 2.24) is 15.2 Å². The third kappa shape index (κ3) is 5.83. The van der Waals surface area contributed by atoms with Crippen LogP contribution in [-0.2, 0) is 12.4 Å². The van der Waals surface area contributed by atoms with Crippen LogP contribution in [0.5, 0.6) is 5.75 Å². The van der Waals surface area contributed by atoms with E-state index in [-0.39, 0.29) is 23.0 Å². The number of aromatic hydroxyl groups is 1. The van der Waals surface area contributed by atoms with E-state index in [4.69, 9.17) is 12.2 Å². The minimum Gasteiger partial charge on any atom is -0.508 e. The van der Waals surface area contributed by atoms with Crippen molar-refractivity contribution in [2.24, 2.45) is 11.8 Å². The highest BCUT2D eigenvalue weighted by Gasteiger charge is 2.43. The van der Waals surface area contributed by atoms with E-state index in [0.29, 0.717) is 34.9 Å². The topological polar surface area (TPSA) is 60.4 Å². The van der Waals surface area contributed by atoms with Gasteiger partial charge in [0.1, 0.15) is 5.75 Å². The molecule has 214 valence electrons. The van der Waals surface area contributed by atoms with Gasteiger partial charge in [0, 0.05) is 29.9 Å². The maximum atomic E-state index is 13.4. The molecule has 2 bridgehead atoms. The monoisotopic (exact) mass is 582 g/mol. The Balaban J connectivity index is 1.50. The maximum absolute atomic E-state index is 13.4. The number of aromatic nitrogens is 1. The summed E-state index contributed by atoms with van der Waals surface area (Å²) in [7, 11) is 0. The third-order valence-electron chi connectivity index (χ3n) is 8.07. The molecule has 3 N–H and O–H groups in total. The normalized spacial score (nSPS) is 23.7. The number of fused-ring (bicyclic) bond motifs is 4. The van der Waals surface area contributed by atoms with Crippen molar-refractivity contribution >= 4 is 33.9 Å². The molecule has 5 atom stereocenters. The molecule has 1 aromatic heterocycles. The molecule has 3 fully saturated rings. The summed E-state index contributed by atoms with van der Waals surface area (Å²) in [5.41, 5.74) is -1.87. The molecule has 5 nitrogen and oxygen atoms in total. The first-order chi connectivity index (χ1) is 18.8. The Labute approximate surface area is 232 Å². The van der Waals surface area contributed by atoms with Gasteiger partial charge in [-0.3, -0.25) is 9.88 Å². The number of phenolic OH excluding ortho intramolecular Hbond substituents is 1. The SMILES string of the molecule is CC[C@H]1CN2CC[C@H]1C[C@@H]2[C@@H](NC(=S)Nc1cc(C(F)(F)F)cc(C(F)(F)F)c1)c1ccnc2ccc(O)cc12. The fourth-order valence-electron chi connectivity index (χ4n) is 6.13. The van der Waals surface area contributed by atoms with Crippen LogP contribution < -0.4 is 10.6 Å². The Kier molecular flexibility index (Phi) is 7.60. The highest BCUT2D eigenvalue weighted by molar-refractivity contribution is 7.80. The largest absolute Gasteiger partial charge is 0.508 e. The number of thiocarbonyl (C=S) groups is 1. The quantitative estimate of drug-likeness (QED) is 0.220. The fourth-order valence-corrected chi connectivity index (χ4v) is 6.38. The summed E-state index contributed by atoms with van der Waals surface area (Å²) in [4.78, 5) is 6.75. The average molecular weight is 583 g/mol. The van der Waals surface area contributed by atoms with E-state index in [2.05, 4.69) is 27.4 Å². The molecular weight excluding hydrogens is 554 g/mol. The van der Waals surface area contributed by atoms with Gasteiger partial charge in [0.25, 0.3) is 0 Å². The second-order valence-electron chi connectivity index (χ2n) is 10.5. The average Bonchev–Trinajstić information content (AvgIpc) is 2.90. The predicted octanol–water partition coefficient (Wildman–Crippen LogP) is 7.13. The molecule has 12 heteroatoms. The molecule has 0 saturated carbocycles. The zero-order chi connectivity index (χ0) is 28.8. The van der Waals surface area contributed by atoms with Crippen LogP contribution in [0.2, 0.25) is 0 Å². The van der Waals surface area contributed by atoms with Crippen molar-refractivity contribution in [2.45, 2.75) is 50.6 Å². The minimum atomic E-state index is -4.97. The number of piperidine rings is 3. The van der Waals surface area contributed by atoms with Crippen LogP contribution in [0, 0.1) is 11.8 Å². The van der Waals surface area contributed by atoms with Gasteiger partial charge in [-0.05, 0) is 91.5 Å². The second kappa shape index (κ2) is 10.7. The minimum absolute atomic E-state index is 0.0403. The number of hydrogen-bond donors (Lipinski definition) is 3. The summed E-state index contributed by atoms with van der Waals surface area (Å²) in [5.74, 6) is 1.09. The van der Waals surface area contributed by atoms with Gasteiger partial charge in [-0.2, -0.15) is 26.3 Å². The van der Waals surface area contributed by atoms with E-state index in [1.807, 2.05) is 0 Å². The van der Waals surface area contributed by atoms with Crippen molar-refractivity contribution in [3.05, 3.63) is 65.4 Å². The van der Waals surface area contributed by atoms with E-state index in [1.54, 1.807) is 24.4 Å². The van der Waals surface area contributed by atoms with Gasteiger partial charge in [0.05, 0.1) is 22.7 Å². The molecule has 0 radical (unpaired) electrons. The van der Waals surface area contributed by atoms with Crippen molar-refractivity contribution in [2.75, 3.05) is 18.4 Å². The molecule has 3 saturated heterocycles. The molecule has 0 amide bonds. The van der Waals surface area contributed by atoms with Gasteiger partial charge in [-0.25, -0.2) is 0 Å². The van der Waals surface area contributed by atoms with E-state index in [0.717, 1.165) is 37.9 Å². The molecular formula is C28H28F6N4OS. The van der Waals surface area contributed by atoms with Gasteiger partial charge in [-0.15, -0.1) is 0 Å². The van der Waals surface area contributed by atoms with Gasteiger partial charge < -0.3 is 15.7 Å². The standard InChI is InChI=1S/C28H28F6N4OS/c1-2-15-14-38-8-6-16(15)9-24(38)25(21-5-7-35-23-4-3-20(39)13-22(21)23)37-26(40)36-19-11-17(27(29,30)31)10-18(12-19)28(32,33)34/h3-5,7,10-13,15-16,24-25,39H,2,6,8-9,14H2,1H3,(H2,36,37,40)/t15-,16-,24+,25-/m0/s1. The molecule has 4 heterocycles. The highest BCUT2D eigenvalue weighted by atomic mass is 32.1. The number of alkyl halides is 6. The van der Waals surface area contributed by atoms with Crippen LogP contribution >= 0.6 is 12.2 Å². The first-order valence-corrected chi connectivity index (χ1v) is 13.4. The number of hydrogen-bond acceptors (Lipinski definition) is 4. The molecule has 40 heavy (non-hydrogen) atoms. The number of phenols is 1. The van der Waals surface area contributed by atoms with Gasteiger partial charge in [0.2, 0.25) is 0 Å². The number of nitrogens with zero attached hydrogens (tertiary/aromatic N) is 2. The first-order valence-electron chi connectivity index (χ1n) is 13.0. The maximum Gasteiger partial charge on any atom is 0.416 e. The van der Waals surface area contributed by atoms with Crippen LogP contribution in [0.25, 0.3) is 10.9 Å². The number of benzene rings is 2. The Morgan fingerprint density at radius 2 is 1.77 bits per heavy atom. The summed E-state index contributed by atoms with van der Waals surface area (Å²) >= 11 is 5.47. The summed E-state index contributed by atoms with van der Waals surface area (Å²) in [6, 6.07) is 7.39. The van der Waals surface area contributed by atoms with Crippen LogP contribution in [0.1, 0.15) is 48.9 Å². The van der Waals surface area contributed by atoms with Gasteiger partial charge in [-0.1, -0.05) is 13.3 Å². The molecule has 6 rings (SSSR count). The number of pyridine rings is 1. The lowest BCUT2D eigenvalue weighted by Gasteiger charge is -2.52. The summed E-state index contributed by atoms with van der Waals surface area (Å²) in [6.45, 7) is 3.93. The van der Waals surface area contributed by atoms with E-state index in [1.165, 1.54) is 6.07 Å². The van der Waals surface area contributed by atoms with Crippen LogP contribution in [0.15, 0.2) is 48.7 Å². The van der Waals surface area contributed by atoms with Crippen molar-refractivity contribution in [3.8, 4) is 5.75 Å². The lowest BCUT2D eigenvalue weighted by molar-refractivity contribution is -0.143. The van der Waals surface area contributed by atoms with Crippen LogP contribution in [-0.4, -0.2) is 39.2 Å². The van der Waals surface area contributed by atoms with E-state index in [9.17, 15) is 31.4 Å². The van der Waals surface area contributed by atoms with E-state index >= 15 is 0 Å². The second-order valence-corrected chi connectivity index (χ2v) is 10.9. The van der Waals surface area contributed by atoms with Gasteiger partial charge in [0.15, 0.2) is 5.11 Å². The zero-order valence-electron chi connectivity index (χ0n) is 21.5. The number of nitrogens with one attached hydrogen (secondary N) is 2. The summed E-state index contributed by atoms with van der Waals surface area (Å²) in [5, 5.41) is 16.5. The van der Waals surface area contributed by atoms with Crippen molar-refractivity contribution in [1.29, 1.82) is 0 Å².